The number of halogens is 6. The van der Waals surface area contributed by atoms with Gasteiger partial charge in [-0.1, -0.05) is 32.3 Å². The summed E-state index contributed by atoms with van der Waals surface area (Å²) in [6, 6.07) is 6.67. The molecule has 2 fully saturated rings. The number of carboxylic acids is 1. The molecule has 1 saturated heterocycles. The van der Waals surface area contributed by atoms with Crippen LogP contribution in [0.2, 0.25) is 0 Å². The number of benzene rings is 2. The van der Waals surface area contributed by atoms with E-state index >= 15 is 0 Å². The van der Waals surface area contributed by atoms with E-state index < -0.39 is 40.9 Å². The van der Waals surface area contributed by atoms with Crippen molar-refractivity contribution in [2.75, 3.05) is 19.7 Å². The Hall–Kier alpha value is -2.95. The molecule has 2 heterocycles. The van der Waals surface area contributed by atoms with Crippen LogP contribution in [0.5, 0.6) is 11.5 Å². The summed E-state index contributed by atoms with van der Waals surface area (Å²) in [7, 11) is 0. The molecule has 0 bridgehead atoms. The number of likely N-dealkylation sites (tertiary alicyclic amines) is 1. The number of fused-ring (bicyclic) bond motifs is 1. The van der Waals surface area contributed by atoms with Gasteiger partial charge in [-0.05, 0) is 47.9 Å². The van der Waals surface area contributed by atoms with Crippen molar-refractivity contribution in [3.63, 3.8) is 0 Å². The van der Waals surface area contributed by atoms with Crippen molar-refractivity contribution in [3.05, 3.63) is 58.7 Å². The minimum Gasteiger partial charge on any atom is -0.486 e. The van der Waals surface area contributed by atoms with Crippen molar-refractivity contribution in [2.24, 2.45) is 11.8 Å². The van der Waals surface area contributed by atoms with E-state index in [1.165, 1.54) is 19.3 Å². The largest absolute Gasteiger partial charge is 0.486 e. The fourth-order valence-corrected chi connectivity index (χ4v) is 4.33. The van der Waals surface area contributed by atoms with E-state index in [1.807, 2.05) is 0 Å². The lowest BCUT2D eigenvalue weighted by Gasteiger charge is -2.44. The van der Waals surface area contributed by atoms with Gasteiger partial charge in [0.25, 0.3) is 0 Å². The quantitative estimate of drug-likeness (QED) is 0.424. The Kier molecular flexibility index (Phi) is 8.15. The molecule has 2 aliphatic heterocycles. The number of hydrogen-bond donors (Lipinski definition) is 1. The average molecular weight is 546 g/mol. The first kappa shape index (κ1) is 28.1. The van der Waals surface area contributed by atoms with E-state index in [0.29, 0.717) is 49.2 Å². The molecule has 0 spiro atoms. The number of alkyl halides is 6. The van der Waals surface area contributed by atoms with Crippen LogP contribution in [0, 0.1) is 11.8 Å². The zero-order valence-corrected chi connectivity index (χ0v) is 20.7. The summed E-state index contributed by atoms with van der Waals surface area (Å²) in [5.41, 5.74) is -1.86. The highest BCUT2D eigenvalue weighted by Gasteiger charge is 2.41. The van der Waals surface area contributed by atoms with E-state index in [2.05, 4.69) is 0 Å². The van der Waals surface area contributed by atoms with Crippen molar-refractivity contribution >= 4 is 5.97 Å². The summed E-state index contributed by atoms with van der Waals surface area (Å²) < 4.78 is 90.9. The number of ether oxygens (including phenoxy) is 2. The predicted molar refractivity (Wildman–Crippen MR) is 126 cm³/mol. The lowest BCUT2D eigenvalue weighted by molar-refractivity contribution is -0.142. The number of hydrogen-bond acceptors (Lipinski definition) is 4. The Morgan fingerprint density at radius 2 is 1.68 bits per heavy atom. The van der Waals surface area contributed by atoms with Crippen molar-refractivity contribution in [2.45, 2.75) is 57.6 Å². The third kappa shape index (κ3) is 7.12. The average Bonchev–Trinajstić information content (AvgIpc) is 3.69. The maximum atomic E-state index is 13.3. The number of nitrogens with zero attached hydrogens (tertiary/aromatic N) is 1. The van der Waals surface area contributed by atoms with Gasteiger partial charge < -0.3 is 14.6 Å². The van der Waals surface area contributed by atoms with Crippen LogP contribution in [-0.2, 0) is 30.1 Å². The molecule has 208 valence electrons. The summed E-state index contributed by atoms with van der Waals surface area (Å²) in [5.74, 6) is -0.590. The van der Waals surface area contributed by atoms with E-state index in [4.69, 9.17) is 14.6 Å². The van der Waals surface area contributed by atoms with Crippen LogP contribution in [-0.4, -0.2) is 41.8 Å². The van der Waals surface area contributed by atoms with Gasteiger partial charge in [0.05, 0.1) is 17.0 Å². The van der Waals surface area contributed by atoms with Crippen LogP contribution in [0.15, 0.2) is 36.4 Å². The first-order valence-corrected chi connectivity index (χ1v) is 12.5. The van der Waals surface area contributed by atoms with Gasteiger partial charge >= 0.3 is 18.3 Å². The van der Waals surface area contributed by atoms with Crippen LogP contribution in [0.3, 0.4) is 0 Å². The highest BCUT2D eigenvalue weighted by atomic mass is 19.4. The lowest BCUT2D eigenvalue weighted by atomic mass is 9.91. The second-order valence-corrected chi connectivity index (χ2v) is 10.1. The SMILES string of the molecule is C1CC1.CC(Cc1ccc2c(c1)O[C@H](C1CN(Cc3cc(C(F)(F)F)ccc3C(F)(F)F)C1)CO2)C(=O)O. The van der Waals surface area contributed by atoms with E-state index in [9.17, 15) is 31.1 Å². The molecular weight excluding hydrogens is 516 g/mol. The van der Waals surface area contributed by atoms with Gasteiger partial charge in [-0.3, -0.25) is 9.69 Å². The van der Waals surface area contributed by atoms with Crippen LogP contribution < -0.4 is 9.47 Å². The monoisotopic (exact) mass is 545 g/mol. The standard InChI is InChI=1S/C24H23F6NO4.C3H6/c1-13(22(32)33)6-14-2-5-19-20(7-14)35-21(12-34-19)16-10-31(11-16)9-15-8-17(23(25,26)27)3-4-18(15)24(28,29)30;1-2-3-1/h2-5,7-8,13,16,21H,6,9-12H2,1H3,(H,32,33);1-3H2/t13?,21-;/m0./s1. The maximum absolute atomic E-state index is 13.3. The van der Waals surface area contributed by atoms with Crippen molar-refractivity contribution in [1.82, 2.24) is 4.90 Å². The molecule has 38 heavy (non-hydrogen) atoms. The molecule has 1 aliphatic carbocycles. The normalized spacial score (nSPS) is 20.1. The Balaban J connectivity index is 0.00000105. The minimum absolute atomic E-state index is 0.0788. The molecule has 0 radical (unpaired) electrons. The fourth-order valence-electron chi connectivity index (χ4n) is 4.33. The van der Waals surface area contributed by atoms with Crippen LogP contribution >= 0.6 is 0 Å². The third-order valence-electron chi connectivity index (χ3n) is 6.65. The molecule has 2 atom stereocenters. The maximum Gasteiger partial charge on any atom is 0.416 e. The topological polar surface area (TPSA) is 59.0 Å². The molecule has 11 heteroatoms. The van der Waals surface area contributed by atoms with E-state index in [0.717, 1.165) is 5.56 Å². The summed E-state index contributed by atoms with van der Waals surface area (Å²) in [6.07, 6.45) is -5.07. The molecule has 1 N–H and O–H groups in total. The van der Waals surface area contributed by atoms with Gasteiger partial charge in [0.1, 0.15) is 12.7 Å². The molecule has 2 aromatic rings. The van der Waals surface area contributed by atoms with E-state index in [1.54, 1.807) is 30.0 Å². The molecule has 0 amide bonds. The first-order valence-electron chi connectivity index (χ1n) is 12.5. The van der Waals surface area contributed by atoms with Crippen LogP contribution in [0.4, 0.5) is 26.3 Å². The van der Waals surface area contributed by atoms with Crippen molar-refractivity contribution in [1.29, 1.82) is 0 Å². The van der Waals surface area contributed by atoms with Gasteiger partial charge in [-0.15, -0.1) is 0 Å². The lowest BCUT2D eigenvalue weighted by Crippen LogP contribution is -2.55. The first-order chi connectivity index (χ1) is 17.8. The summed E-state index contributed by atoms with van der Waals surface area (Å²) in [5, 5.41) is 9.10. The molecule has 3 aliphatic rings. The molecule has 5 rings (SSSR count). The molecule has 0 aromatic heterocycles. The molecular formula is C27H29F6NO4. The smallest absolute Gasteiger partial charge is 0.416 e. The number of carboxylic acid groups (broad SMARTS) is 1. The summed E-state index contributed by atoms with van der Waals surface area (Å²) >= 11 is 0. The van der Waals surface area contributed by atoms with Crippen LogP contribution in [0.1, 0.15) is 48.4 Å². The number of rotatable bonds is 6. The summed E-state index contributed by atoms with van der Waals surface area (Å²) in [4.78, 5) is 12.7. The Bertz CT molecular complexity index is 1140. The van der Waals surface area contributed by atoms with Gasteiger partial charge in [0.2, 0.25) is 0 Å². The minimum atomic E-state index is -4.76. The van der Waals surface area contributed by atoms with Gasteiger partial charge in [0, 0.05) is 25.6 Å². The highest BCUT2D eigenvalue weighted by Crippen LogP contribution is 2.39. The van der Waals surface area contributed by atoms with Gasteiger partial charge in [-0.25, -0.2) is 0 Å². The zero-order valence-electron chi connectivity index (χ0n) is 20.7. The highest BCUT2D eigenvalue weighted by molar-refractivity contribution is 5.70. The number of aliphatic carboxylic acids is 1. The fraction of sp³-hybridized carbons (Fsp3) is 0.519. The molecule has 2 aromatic carbocycles. The molecule has 1 saturated carbocycles. The second kappa shape index (κ2) is 11.0. The van der Waals surface area contributed by atoms with Gasteiger partial charge in [-0.2, -0.15) is 26.3 Å². The summed E-state index contributed by atoms with van der Waals surface area (Å²) in [6.45, 7) is 2.24. The Morgan fingerprint density at radius 1 is 1.00 bits per heavy atom. The zero-order chi connectivity index (χ0) is 27.7. The van der Waals surface area contributed by atoms with Gasteiger partial charge in [0.15, 0.2) is 11.5 Å². The second-order valence-electron chi connectivity index (χ2n) is 10.1. The van der Waals surface area contributed by atoms with Crippen molar-refractivity contribution < 1.29 is 45.7 Å². The predicted octanol–water partition coefficient (Wildman–Crippen LogP) is 6.43. The Labute approximate surface area is 216 Å². The number of carbonyl (C=O) groups is 1. The molecule has 1 unspecified atom stereocenters. The van der Waals surface area contributed by atoms with Crippen molar-refractivity contribution in [3.8, 4) is 11.5 Å². The van der Waals surface area contributed by atoms with E-state index in [-0.39, 0.29) is 25.2 Å². The Morgan fingerprint density at radius 3 is 2.26 bits per heavy atom. The third-order valence-corrected chi connectivity index (χ3v) is 6.65. The molecule has 5 nitrogen and oxygen atoms in total. The van der Waals surface area contributed by atoms with Crippen LogP contribution in [0.25, 0.3) is 0 Å².